The second-order valence-electron chi connectivity index (χ2n) is 2.75. The lowest BCUT2D eigenvalue weighted by molar-refractivity contribution is -0.0514. The predicted molar refractivity (Wildman–Crippen MR) is 56.9 cm³/mol. The molecule has 0 saturated carbocycles. The van der Waals surface area contributed by atoms with Crippen molar-refractivity contribution in [3.8, 4) is 11.5 Å². The van der Waals surface area contributed by atoms with Crippen molar-refractivity contribution in [3.63, 3.8) is 0 Å². The average molecular weight is 234 g/mol. The molecule has 0 fully saturated rings. The van der Waals surface area contributed by atoms with Crippen LogP contribution < -0.4 is 9.47 Å². The Balaban J connectivity index is 2.92. The molecule has 0 radical (unpaired) electrons. The molecule has 84 valence electrons. The van der Waals surface area contributed by atoms with Crippen molar-refractivity contribution in [1.29, 1.82) is 0 Å². The lowest BCUT2D eigenvalue weighted by Gasteiger charge is -2.11. The van der Waals surface area contributed by atoms with Gasteiger partial charge in [-0.25, -0.2) is 0 Å². The highest BCUT2D eigenvalue weighted by atomic mass is 32.1. The molecule has 1 aromatic carbocycles. The third kappa shape index (κ3) is 3.58. The van der Waals surface area contributed by atoms with E-state index in [0.29, 0.717) is 18.1 Å². The fraction of sp³-hybridized carbons (Fsp3) is 0.400. The van der Waals surface area contributed by atoms with Gasteiger partial charge in [0.15, 0.2) is 11.5 Å². The molecule has 1 rings (SSSR count). The van der Waals surface area contributed by atoms with Crippen LogP contribution in [0.4, 0.5) is 8.78 Å². The Kier molecular flexibility index (Phi) is 4.68. The molecule has 0 bridgehead atoms. The summed E-state index contributed by atoms with van der Waals surface area (Å²) < 4.78 is 33.6. The minimum Gasteiger partial charge on any atom is -0.490 e. The maximum atomic E-state index is 12.0. The van der Waals surface area contributed by atoms with Gasteiger partial charge in [-0.3, -0.25) is 0 Å². The van der Waals surface area contributed by atoms with Gasteiger partial charge in [0.05, 0.1) is 6.61 Å². The number of ether oxygens (including phenoxy) is 2. The summed E-state index contributed by atoms with van der Waals surface area (Å²) in [6.45, 7) is -0.666. The van der Waals surface area contributed by atoms with Crippen molar-refractivity contribution in [2.75, 3.05) is 6.61 Å². The first-order valence-corrected chi connectivity index (χ1v) is 5.12. The Morgan fingerprint density at radius 3 is 2.60 bits per heavy atom. The number of hydrogen-bond donors (Lipinski definition) is 1. The predicted octanol–water partition coefficient (Wildman–Crippen LogP) is 3.12. The Morgan fingerprint density at radius 2 is 2.07 bits per heavy atom. The molecular formula is C10H12F2O2S. The molecule has 0 amide bonds. The maximum absolute atomic E-state index is 12.0. The molecule has 0 heterocycles. The Hall–Kier alpha value is -0.970. The van der Waals surface area contributed by atoms with Crippen molar-refractivity contribution in [1.82, 2.24) is 0 Å². The number of benzene rings is 1. The van der Waals surface area contributed by atoms with E-state index in [-0.39, 0.29) is 5.75 Å². The van der Waals surface area contributed by atoms with Gasteiger partial charge < -0.3 is 9.47 Å². The molecule has 0 aliphatic rings. The van der Waals surface area contributed by atoms with Crippen molar-refractivity contribution in [2.45, 2.75) is 19.3 Å². The fourth-order valence-electron chi connectivity index (χ4n) is 1.11. The summed E-state index contributed by atoms with van der Waals surface area (Å²) in [5, 5.41) is 0. The maximum Gasteiger partial charge on any atom is 0.387 e. The molecule has 0 saturated heterocycles. The first-order chi connectivity index (χ1) is 7.17. The summed E-state index contributed by atoms with van der Waals surface area (Å²) in [7, 11) is 0. The first-order valence-electron chi connectivity index (χ1n) is 4.48. The zero-order chi connectivity index (χ0) is 11.3. The Labute approximate surface area is 92.6 Å². The zero-order valence-electron chi connectivity index (χ0n) is 8.24. The van der Waals surface area contributed by atoms with Gasteiger partial charge in [-0.05, 0) is 24.6 Å². The number of thiol groups is 1. The standard InChI is InChI=1S/C10H12F2O2S/c1-2-13-9-5-7(6-15)3-4-8(9)14-10(11)12/h3-5,10,15H,2,6H2,1H3. The van der Waals surface area contributed by atoms with Gasteiger partial charge >= 0.3 is 6.61 Å². The monoisotopic (exact) mass is 234 g/mol. The number of rotatable bonds is 5. The first kappa shape index (κ1) is 12.1. The van der Waals surface area contributed by atoms with E-state index in [4.69, 9.17) is 4.74 Å². The van der Waals surface area contributed by atoms with Gasteiger partial charge in [0.25, 0.3) is 0 Å². The van der Waals surface area contributed by atoms with E-state index in [2.05, 4.69) is 17.4 Å². The van der Waals surface area contributed by atoms with Gasteiger partial charge in [-0.2, -0.15) is 21.4 Å². The van der Waals surface area contributed by atoms with Crippen LogP contribution in [0.15, 0.2) is 18.2 Å². The minimum atomic E-state index is -2.84. The van der Waals surface area contributed by atoms with E-state index in [0.717, 1.165) is 5.56 Å². The molecule has 0 N–H and O–H groups in total. The van der Waals surface area contributed by atoms with Crippen molar-refractivity contribution in [2.24, 2.45) is 0 Å². The normalized spacial score (nSPS) is 10.5. The Bertz CT molecular complexity index is 318. The molecule has 0 atom stereocenters. The molecular weight excluding hydrogens is 222 g/mol. The summed E-state index contributed by atoms with van der Waals surface area (Å²) in [5.74, 6) is 0.899. The second kappa shape index (κ2) is 5.80. The lowest BCUT2D eigenvalue weighted by atomic mass is 10.2. The lowest BCUT2D eigenvalue weighted by Crippen LogP contribution is -2.04. The zero-order valence-corrected chi connectivity index (χ0v) is 9.14. The van der Waals surface area contributed by atoms with Crippen LogP contribution in [0.3, 0.4) is 0 Å². The molecule has 0 aromatic heterocycles. The van der Waals surface area contributed by atoms with Gasteiger partial charge in [0.1, 0.15) is 0 Å². The van der Waals surface area contributed by atoms with E-state index in [1.54, 1.807) is 19.1 Å². The van der Waals surface area contributed by atoms with Crippen molar-refractivity contribution >= 4 is 12.6 Å². The highest BCUT2D eigenvalue weighted by Gasteiger charge is 2.10. The summed E-state index contributed by atoms with van der Waals surface area (Å²) in [5.41, 5.74) is 0.892. The van der Waals surface area contributed by atoms with E-state index in [1.807, 2.05) is 0 Å². The molecule has 0 aliphatic carbocycles. The number of alkyl halides is 2. The third-order valence-corrected chi connectivity index (χ3v) is 2.07. The van der Waals surface area contributed by atoms with Crippen LogP contribution in [-0.4, -0.2) is 13.2 Å². The van der Waals surface area contributed by atoms with E-state index >= 15 is 0 Å². The number of hydrogen-bond acceptors (Lipinski definition) is 3. The van der Waals surface area contributed by atoms with Gasteiger partial charge in [0, 0.05) is 5.75 Å². The van der Waals surface area contributed by atoms with Crippen LogP contribution in [0.1, 0.15) is 12.5 Å². The highest BCUT2D eigenvalue weighted by Crippen LogP contribution is 2.30. The molecule has 15 heavy (non-hydrogen) atoms. The quantitative estimate of drug-likeness (QED) is 0.789. The molecule has 0 spiro atoms. The third-order valence-electron chi connectivity index (χ3n) is 1.71. The largest absolute Gasteiger partial charge is 0.490 e. The van der Waals surface area contributed by atoms with Crippen LogP contribution in [0.5, 0.6) is 11.5 Å². The van der Waals surface area contributed by atoms with Gasteiger partial charge in [0.2, 0.25) is 0 Å². The Morgan fingerprint density at radius 1 is 1.33 bits per heavy atom. The highest BCUT2D eigenvalue weighted by molar-refractivity contribution is 7.79. The molecule has 5 heteroatoms. The fourth-order valence-corrected chi connectivity index (χ4v) is 1.31. The van der Waals surface area contributed by atoms with Gasteiger partial charge in [-0.1, -0.05) is 6.07 Å². The topological polar surface area (TPSA) is 18.5 Å². The number of halogens is 2. The summed E-state index contributed by atoms with van der Waals surface area (Å²) >= 11 is 4.09. The van der Waals surface area contributed by atoms with E-state index in [9.17, 15) is 8.78 Å². The van der Waals surface area contributed by atoms with E-state index in [1.165, 1.54) is 6.07 Å². The van der Waals surface area contributed by atoms with Crippen molar-refractivity contribution in [3.05, 3.63) is 23.8 Å². The van der Waals surface area contributed by atoms with Gasteiger partial charge in [-0.15, -0.1) is 0 Å². The molecule has 0 unspecified atom stereocenters. The average Bonchev–Trinajstić information content (AvgIpc) is 2.20. The van der Waals surface area contributed by atoms with Crippen LogP contribution in [0, 0.1) is 0 Å². The SMILES string of the molecule is CCOc1cc(CS)ccc1OC(F)F. The van der Waals surface area contributed by atoms with Crippen molar-refractivity contribution < 1.29 is 18.3 Å². The smallest absolute Gasteiger partial charge is 0.387 e. The van der Waals surface area contributed by atoms with Crippen LogP contribution in [0.25, 0.3) is 0 Å². The van der Waals surface area contributed by atoms with Crippen LogP contribution >= 0.6 is 12.6 Å². The minimum absolute atomic E-state index is 0.0531. The van der Waals surface area contributed by atoms with Crippen LogP contribution in [0.2, 0.25) is 0 Å². The second-order valence-corrected chi connectivity index (χ2v) is 3.07. The van der Waals surface area contributed by atoms with E-state index < -0.39 is 6.61 Å². The summed E-state index contributed by atoms with van der Waals surface area (Å²) in [4.78, 5) is 0. The van der Waals surface area contributed by atoms with Crippen LogP contribution in [-0.2, 0) is 5.75 Å². The molecule has 0 aliphatic heterocycles. The molecule has 1 aromatic rings. The summed E-state index contributed by atoms with van der Waals surface area (Å²) in [6, 6.07) is 4.78. The molecule has 2 nitrogen and oxygen atoms in total. The summed E-state index contributed by atoms with van der Waals surface area (Å²) in [6.07, 6.45) is 0.